The molecule has 9 heteroatoms. The average Bonchev–Trinajstić information content (AvgIpc) is 1.56. The van der Waals surface area contributed by atoms with Gasteiger partial charge < -0.3 is 26.5 Å². The minimum atomic E-state index is -2.17. The lowest BCUT2D eigenvalue weighted by atomic mass is 10.3. The van der Waals surface area contributed by atoms with Crippen LogP contribution >= 0.6 is 0 Å². The van der Waals surface area contributed by atoms with Crippen molar-refractivity contribution in [3.63, 3.8) is 0 Å². The molecular weight excluding hydrogens is 153 g/mol. The first-order valence-electron chi connectivity index (χ1n) is 2.35. The van der Waals surface area contributed by atoms with E-state index in [0.29, 0.717) is 0 Å². The molecule has 0 unspecified atom stereocenters. The molecular formula is C2H10BN5O3. The highest BCUT2D eigenvalue weighted by atomic mass is 16.5. The second kappa shape index (κ2) is 6.80. The van der Waals surface area contributed by atoms with Crippen LogP contribution in [0.4, 0.5) is 0 Å². The molecule has 0 fully saturated rings. The molecule has 0 amide bonds. The maximum Gasteiger partial charge on any atom is 0.631 e. The van der Waals surface area contributed by atoms with E-state index in [1.54, 1.807) is 0 Å². The van der Waals surface area contributed by atoms with Crippen LogP contribution in [-0.4, -0.2) is 34.3 Å². The molecule has 0 aromatic heterocycles. The van der Waals surface area contributed by atoms with Gasteiger partial charge in [-0.15, -0.1) is 0 Å². The van der Waals surface area contributed by atoms with Crippen LogP contribution in [0.25, 0.3) is 0 Å². The summed E-state index contributed by atoms with van der Waals surface area (Å²) in [5.41, 5.74) is 9.49. The Labute approximate surface area is 63.0 Å². The Morgan fingerprint density at radius 2 is 1.27 bits per heavy atom. The van der Waals surface area contributed by atoms with Gasteiger partial charge in [0, 0.05) is 0 Å². The number of hydrogen-bond acceptors (Lipinski definition) is 5. The summed E-state index contributed by atoms with van der Waals surface area (Å²) in [4.78, 5) is 0. The first-order valence-corrected chi connectivity index (χ1v) is 2.35. The lowest BCUT2D eigenvalue weighted by Gasteiger charge is -1.95. The molecule has 0 aliphatic rings. The monoisotopic (exact) mass is 163 g/mol. The number of nitrogens with two attached hydrogens (primary N) is 2. The maximum atomic E-state index is 7.17. The first-order chi connectivity index (χ1) is 4.86. The fraction of sp³-hybridized carbons (Fsp3) is 0. The van der Waals surface area contributed by atoms with Gasteiger partial charge in [0.05, 0.1) is 0 Å². The Hall–Kier alpha value is -1.32. The molecule has 10 N–H and O–H groups in total. The molecule has 0 radical (unpaired) electrons. The Balaban J connectivity index is 0. The molecule has 0 aromatic carbocycles. The zero-order valence-corrected chi connectivity index (χ0v) is 5.57. The fourth-order valence-corrected chi connectivity index (χ4v) is 0.145. The van der Waals surface area contributed by atoms with Gasteiger partial charge in [-0.3, -0.25) is 16.1 Å². The molecule has 0 aromatic rings. The smallest absolute Gasteiger partial charge is 0.402 e. The number of nitrogens with one attached hydrogen (secondary N) is 3. The summed E-state index contributed by atoms with van der Waals surface area (Å²) in [6, 6.07) is 0. The minimum Gasteiger partial charge on any atom is -0.402 e. The quantitative estimate of drug-likeness (QED) is 0.104. The van der Waals surface area contributed by atoms with Crippen molar-refractivity contribution in [2.45, 2.75) is 0 Å². The Morgan fingerprint density at radius 1 is 1.09 bits per heavy atom. The van der Waals surface area contributed by atoms with Crippen molar-refractivity contribution in [3.8, 4) is 0 Å². The number of guanidine groups is 2. The van der Waals surface area contributed by atoms with Crippen LogP contribution in [-0.2, 0) is 0 Å². The van der Waals surface area contributed by atoms with Gasteiger partial charge in [0.15, 0.2) is 11.9 Å². The highest BCUT2D eigenvalue weighted by Crippen LogP contribution is 1.44. The summed E-state index contributed by atoms with van der Waals surface area (Å²) in [7, 11) is -2.17. The molecule has 8 nitrogen and oxygen atoms in total. The highest BCUT2D eigenvalue weighted by Gasteiger charge is 1.92. The van der Waals surface area contributed by atoms with Crippen molar-refractivity contribution in [1.29, 1.82) is 10.8 Å². The van der Waals surface area contributed by atoms with Crippen molar-refractivity contribution in [2.24, 2.45) is 11.5 Å². The van der Waals surface area contributed by atoms with Crippen LogP contribution < -0.4 is 16.8 Å². The van der Waals surface area contributed by atoms with Crippen molar-refractivity contribution in [1.82, 2.24) is 5.32 Å². The second-order valence-corrected chi connectivity index (χ2v) is 1.30. The standard InChI is InChI=1S/C2H7N5.BH3O3/c3-1(4)7-2(5)6;2-1(3)4/h(H7,3,4,5,6,7);2-4H. The predicted octanol–water partition coefficient (Wildman–Crippen LogP) is -3.69. The van der Waals surface area contributed by atoms with Crippen LogP contribution in [0, 0.1) is 10.8 Å². The molecule has 0 spiro atoms. The molecule has 0 atom stereocenters. The van der Waals surface area contributed by atoms with Gasteiger partial charge >= 0.3 is 7.32 Å². The third kappa shape index (κ3) is 53.8. The third-order valence-electron chi connectivity index (χ3n) is 0.269. The van der Waals surface area contributed by atoms with Gasteiger partial charge in [-0.1, -0.05) is 0 Å². The molecule has 0 aliphatic heterocycles. The summed E-state index contributed by atoms with van der Waals surface area (Å²) in [6.45, 7) is 0. The lowest BCUT2D eigenvalue weighted by molar-refractivity contribution is 0.278. The van der Waals surface area contributed by atoms with Crippen LogP contribution in [0.1, 0.15) is 0 Å². The first kappa shape index (κ1) is 12.4. The van der Waals surface area contributed by atoms with E-state index >= 15 is 0 Å². The van der Waals surface area contributed by atoms with Gasteiger partial charge in [-0.25, -0.2) is 0 Å². The maximum absolute atomic E-state index is 7.17. The van der Waals surface area contributed by atoms with E-state index in [1.165, 1.54) is 0 Å². The molecule has 64 valence electrons. The van der Waals surface area contributed by atoms with Gasteiger partial charge in [0.2, 0.25) is 0 Å². The van der Waals surface area contributed by atoms with Crippen LogP contribution in [0.3, 0.4) is 0 Å². The Bertz CT molecular complexity index is 123. The summed E-state index contributed by atoms with van der Waals surface area (Å²) in [5.74, 6) is -0.625. The predicted molar refractivity (Wildman–Crippen MR) is 39.4 cm³/mol. The lowest BCUT2D eigenvalue weighted by Crippen LogP contribution is -2.39. The van der Waals surface area contributed by atoms with E-state index in [9.17, 15) is 0 Å². The zero-order valence-electron chi connectivity index (χ0n) is 5.57. The van der Waals surface area contributed by atoms with E-state index in [4.69, 9.17) is 37.4 Å². The SMILES string of the molecule is N=C(N)NC(=N)N.OB(O)O. The fourth-order valence-electron chi connectivity index (χ4n) is 0.145. The van der Waals surface area contributed by atoms with Gasteiger partial charge in [-0.05, 0) is 0 Å². The molecule has 0 aliphatic carbocycles. The molecule has 11 heavy (non-hydrogen) atoms. The van der Waals surface area contributed by atoms with Crippen LogP contribution in [0.15, 0.2) is 0 Å². The summed E-state index contributed by atoms with van der Waals surface area (Å²) >= 11 is 0. The topological polar surface area (TPSA) is 172 Å². The highest BCUT2D eigenvalue weighted by molar-refractivity contribution is 6.30. The Kier molecular flexibility index (Phi) is 7.65. The largest absolute Gasteiger partial charge is 0.631 e. The molecule has 0 bridgehead atoms. The average molecular weight is 163 g/mol. The second-order valence-electron chi connectivity index (χ2n) is 1.30. The van der Waals surface area contributed by atoms with E-state index in [1.807, 2.05) is 5.32 Å². The molecule has 0 rings (SSSR count). The van der Waals surface area contributed by atoms with E-state index in [-0.39, 0.29) is 11.9 Å². The summed E-state index contributed by atoms with van der Waals surface area (Å²) < 4.78 is 0. The number of hydrogen-bond donors (Lipinski definition) is 8. The van der Waals surface area contributed by atoms with Gasteiger partial charge in [0.1, 0.15) is 0 Å². The van der Waals surface area contributed by atoms with Crippen LogP contribution in [0.2, 0.25) is 0 Å². The van der Waals surface area contributed by atoms with Gasteiger partial charge in [-0.2, -0.15) is 0 Å². The minimum absolute atomic E-state index is 0.312. The summed E-state index contributed by atoms with van der Waals surface area (Å²) in [5, 5.41) is 36.5. The van der Waals surface area contributed by atoms with E-state index in [2.05, 4.69) is 0 Å². The summed E-state index contributed by atoms with van der Waals surface area (Å²) in [6.07, 6.45) is 0. The molecule has 0 saturated carbocycles. The van der Waals surface area contributed by atoms with E-state index < -0.39 is 7.32 Å². The molecule has 0 saturated heterocycles. The van der Waals surface area contributed by atoms with Crippen molar-refractivity contribution in [3.05, 3.63) is 0 Å². The van der Waals surface area contributed by atoms with E-state index in [0.717, 1.165) is 0 Å². The zero-order chi connectivity index (χ0) is 9.44. The van der Waals surface area contributed by atoms with Crippen LogP contribution in [0.5, 0.6) is 0 Å². The van der Waals surface area contributed by atoms with Gasteiger partial charge in [0.25, 0.3) is 0 Å². The van der Waals surface area contributed by atoms with Crippen molar-refractivity contribution in [2.75, 3.05) is 0 Å². The number of rotatable bonds is 0. The third-order valence-corrected chi connectivity index (χ3v) is 0.269. The van der Waals surface area contributed by atoms with Crippen molar-refractivity contribution < 1.29 is 15.1 Å². The Morgan fingerprint density at radius 3 is 1.27 bits per heavy atom. The van der Waals surface area contributed by atoms with Crippen molar-refractivity contribution >= 4 is 19.2 Å². The normalized spacial score (nSPS) is 7.18. The molecule has 0 heterocycles.